The predicted octanol–water partition coefficient (Wildman–Crippen LogP) is -0.193. The highest BCUT2D eigenvalue weighted by atomic mass is 16.4. The van der Waals surface area contributed by atoms with E-state index in [1.807, 2.05) is 51.1 Å². The Morgan fingerprint density at radius 2 is 1.27 bits per heavy atom. The quantitative estimate of drug-likeness (QED) is 0.0804. The zero-order valence-electron chi connectivity index (χ0n) is 35.9. The molecule has 0 aliphatic carbocycles. The highest BCUT2D eigenvalue weighted by Crippen LogP contribution is 2.23. The lowest BCUT2D eigenvalue weighted by molar-refractivity contribution is -0.145. The maximum absolute atomic E-state index is 14.0. The average Bonchev–Trinajstić information content (AvgIpc) is 3.91. The van der Waals surface area contributed by atoms with Crippen LogP contribution in [0.15, 0.2) is 30.3 Å². The standard InChI is InChI=1S/C42H66N8O10/c1-8-25(6)34(41(58)50-19-13-16-31(50)37(54)44-26(7)42(59)60)48-36(53)29(20-23(2)3)45-39(56)33(24(4)5)47-38(55)32-17-12-18-49(32)40(57)30(22-51)46-35(52)28(43)21-27-14-10-9-11-15-27/h9-11,14-15,23-26,28-34,51H,8,12-13,16-22,43H2,1-7H3,(H,44,54)(H,45,56)(H,46,52)(H,47,55)(H,48,53)(H,59,60)/t25-,26-,28-,29-,30-,31-,32-,33-,34-/m0/s1. The second kappa shape index (κ2) is 23.0. The van der Waals surface area contributed by atoms with Crippen LogP contribution in [0.4, 0.5) is 0 Å². The number of aliphatic carboxylic acids is 1. The van der Waals surface area contributed by atoms with Gasteiger partial charge in [0.25, 0.3) is 0 Å². The van der Waals surface area contributed by atoms with Crippen LogP contribution in [0, 0.1) is 17.8 Å². The van der Waals surface area contributed by atoms with E-state index >= 15 is 0 Å². The molecule has 1 aromatic carbocycles. The molecule has 7 amide bonds. The Morgan fingerprint density at radius 1 is 0.717 bits per heavy atom. The van der Waals surface area contributed by atoms with Crippen molar-refractivity contribution in [3.05, 3.63) is 35.9 Å². The van der Waals surface area contributed by atoms with Gasteiger partial charge in [-0.25, -0.2) is 0 Å². The van der Waals surface area contributed by atoms with E-state index in [4.69, 9.17) is 5.73 Å². The minimum absolute atomic E-state index is 0.0836. The molecule has 2 heterocycles. The average molecular weight is 843 g/mol. The molecule has 2 fully saturated rings. The molecule has 334 valence electrons. The number of amides is 7. The Labute approximate surface area is 352 Å². The number of nitrogens with two attached hydrogens (primary N) is 1. The lowest BCUT2D eigenvalue weighted by Gasteiger charge is -2.33. The van der Waals surface area contributed by atoms with Crippen LogP contribution < -0.4 is 32.3 Å². The van der Waals surface area contributed by atoms with Gasteiger partial charge in [0.2, 0.25) is 41.4 Å². The Balaban J connectivity index is 1.72. The van der Waals surface area contributed by atoms with Gasteiger partial charge in [0.1, 0.15) is 42.3 Å². The summed E-state index contributed by atoms with van der Waals surface area (Å²) >= 11 is 0. The maximum Gasteiger partial charge on any atom is 0.325 e. The molecule has 9 atom stereocenters. The summed E-state index contributed by atoms with van der Waals surface area (Å²) in [6, 6.07) is 0.358. The molecule has 18 nitrogen and oxygen atoms in total. The number of carboxylic acid groups (broad SMARTS) is 1. The fraction of sp³-hybridized carbons (Fsp3) is 0.667. The minimum atomic E-state index is -1.35. The highest BCUT2D eigenvalue weighted by molar-refractivity contribution is 5.98. The van der Waals surface area contributed by atoms with Crippen molar-refractivity contribution in [2.75, 3.05) is 19.7 Å². The molecule has 2 saturated heterocycles. The van der Waals surface area contributed by atoms with Gasteiger partial charge in [-0.05, 0) is 68.8 Å². The van der Waals surface area contributed by atoms with Crippen molar-refractivity contribution in [2.24, 2.45) is 23.5 Å². The molecule has 0 saturated carbocycles. The van der Waals surface area contributed by atoms with Crippen LogP contribution in [0.1, 0.15) is 92.6 Å². The molecule has 18 heteroatoms. The molecule has 3 rings (SSSR count). The van der Waals surface area contributed by atoms with Crippen molar-refractivity contribution in [3.63, 3.8) is 0 Å². The molecule has 0 aromatic heterocycles. The van der Waals surface area contributed by atoms with E-state index in [0.717, 1.165) is 5.56 Å². The minimum Gasteiger partial charge on any atom is -0.480 e. The van der Waals surface area contributed by atoms with Gasteiger partial charge < -0.3 is 52.3 Å². The number of hydrogen-bond acceptors (Lipinski definition) is 10. The number of hydrogen-bond donors (Lipinski definition) is 8. The summed E-state index contributed by atoms with van der Waals surface area (Å²) in [5.41, 5.74) is 6.92. The molecule has 9 N–H and O–H groups in total. The summed E-state index contributed by atoms with van der Waals surface area (Å²) < 4.78 is 0. The van der Waals surface area contributed by atoms with Crippen molar-refractivity contribution in [1.82, 2.24) is 36.4 Å². The lowest BCUT2D eigenvalue weighted by Crippen LogP contribution is -2.61. The smallest absolute Gasteiger partial charge is 0.325 e. The van der Waals surface area contributed by atoms with E-state index in [9.17, 15) is 48.6 Å². The molecule has 0 unspecified atom stereocenters. The zero-order chi connectivity index (χ0) is 44.8. The van der Waals surface area contributed by atoms with Crippen molar-refractivity contribution >= 4 is 47.3 Å². The Kier molecular flexibility index (Phi) is 18.9. The van der Waals surface area contributed by atoms with E-state index in [1.165, 1.54) is 16.7 Å². The molecular weight excluding hydrogens is 777 g/mol. The fourth-order valence-electron chi connectivity index (χ4n) is 7.47. The van der Waals surface area contributed by atoms with Crippen molar-refractivity contribution < 1.29 is 48.6 Å². The van der Waals surface area contributed by atoms with E-state index < -0.39 is 108 Å². The maximum atomic E-state index is 14.0. The Hall–Kier alpha value is -5.10. The van der Waals surface area contributed by atoms with Crippen LogP contribution >= 0.6 is 0 Å². The first-order valence-corrected chi connectivity index (χ1v) is 21.1. The number of carbonyl (C=O) groups excluding carboxylic acids is 7. The van der Waals surface area contributed by atoms with Gasteiger partial charge >= 0.3 is 5.97 Å². The van der Waals surface area contributed by atoms with Gasteiger partial charge in [-0.2, -0.15) is 0 Å². The monoisotopic (exact) mass is 842 g/mol. The zero-order valence-corrected chi connectivity index (χ0v) is 35.9. The first-order chi connectivity index (χ1) is 28.3. The van der Waals surface area contributed by atoms with Gasteiger partial charge in [0.15, 0.2) is 0 Å². The normalized spacial score (nSPS) is 20.0. The summed E-state index contributed by atoms with van der Waals surface area (Å²) in [7, 11) is 0. The van der Waals surface area contributed by atoms with Gasteiger partial charge in [-0.15, -0.1) is 0 Å². The van der Waals surface area contributed by atoms with E-state index in [0.29, 0.717) is 25.7 Å². The van der Waals surface area contributed by atoms with E-state index in [1.54, 1.807) is 20.8 Å². The van der Waals surface area contributed by atoms with Gasteiger partial charge in [-0.3, -0.25) is 38.4 Å². The molecule has 0 bridgehead atoms. The molecule has 0 radical (unpaired) electrons. The van der Waals surface area contributed by atoms with Crippen molar-refractivity contribution in [1.29, 1.82) is 0 Å². The van der Waals surface area contributed by atoms with Crippen LogP contribution in [0.3, 0.4) is 0 Å². The third kappa shape index (κ3) is 13.5. The number of nitrogens with one attached hydrogen (secondary N) is 5. The van der Waals surface area contributed by atoms with Crippen LogP contribution in [0.25, 0.3) is 0 Å². The van der Waals surface area contributed by atoms with Crippen molar-refractivity contribution in [2.45, 2.75) is 142 Å². The number of benzene rings is 1. The topological polar surface area (TPSA) is 270 Å². The third-order valence-corrected chi connectivity index (χ3v) is 11.2. The number of aliphatic hydroxyl groups excluding tert-OH is 1. The van der Waals surface area contributed by atoms with Crippen LogP contribution in [0.2, 0.25) is 0 Å². The van der Waals surface area contributed by atoms with Crippen molar-refractivity contribution in [3.8, 4) is 0 Å². The molecule has 2 aliphatic heterocycles. The molecule has 60 heavy (non-hydrogen) atoms. The van der Waals surface area contributed by atoms with Crippen LogP contribution in [-0.4, -0.2) is 135 Å². The second-order valence-corrected chi connectivity index (χ2v) is 16.8. The summed E-state index contributed by atoms with van der Waals surface area (Å²) in [6.07, 6.45) is 2.45. The summed E-state index contributed by atoms with van der Waals surface area (Å²) in [4.78, 5) is 109. The predicted molar refractivity (Wildman–Crippen MR) is 221 cm³/mol. The van der Waals surface area contributed by atoms with Gasteiger partial charge in [0, 0.05) is 13.1 Å². The highest BCUT2D eigenvalue weighted by Gasteiger charge is 2.42. The molecule has 1 aromatic rings. The second-order valence-electron chi connectivity index (χ2n) is 16.8. The van der Waals surface area contributed by atoms with Crippen LogP contribution in [0.5, 0.6) is 0 Å². The largest absolute Gasteiger partial charge is 0.480 e. The lowest BCUT2D eigenvalue weighted by atomic mass is 9.95. The molecule has 0 spiro atoms. The van der Waals surface area contributed by atoms with E-state index in [2.05, 4.69) is 26.6 Å². The number of nitrogens with zero attached hydrogens (tertiary/aromatic N) is 2. The number of rotatable bonds is 21. The Bertz CT molecular complexity index is 1680. The van der Waals surface area contributed by atoms with Crippen LogP contribution in [-0.2, 0) is 44.8 Å². The number of carbonyl (C=O) groups is 8. The van der Waals surface area contributed by atoms with E-state index in [-0.39, 0.29) is 44.2 Å². The van der Waals surface area contributed by atoms with Gasteiger partial charge in [-0.1, -0.05) is 78.3 Å². The number of carboxylic acids is 1. The molecule has 2 aliphatic rings. The first-order valence-electron chi connectivity index (χ1n) is 21.1. The summed E-state index contributed by atoms with van der Waals surface area (Å²) in [5, 5.41) is 32.7. The summed E-state index contributed by atoms with van der Waals surface area (Å²) in [5.74, 6) is -6.43. The summed E-state index contributed by atoms with van der Waals surface area (Å²) in [6.45, 7) is 11.8. The third-order valence-electron chi connectivity index (χ3n) is 11.2. The van der Waals surface area contributed by atoms with Gasteiger partial charge in [0.05, 0.1) is 12.6 Å². The Morgan fingerprint density at radius 3 is 1.78 bits per heavy atom. The molecular formula is C42H66N8O10. The fourth-order valence-corrected chi connectivity index (χ4v) is 7.47. The SMILES string of the molecule is CC[C@H](C)[C@H](NC(=O)[C@H](CC(C)C)NC(=O)[C@@H](NC(=O)[C@@H]1CCCN1C(=O)[C@H](CO)NC(=O)[C@@H](N)Cc1ccccc1)C(C)C)C(=O)N1CCC[C@H]1C(=O)N[C@@H](C)C(=O)O. The number of likely N-dealkylation sites (tertiary alicyclic amines) is 2. The number of aliphatic hydroxyl groups is 1. The first kappa shape index (κ1) is 49.3.